The van der Waals surface area contributed by atoms with Gasteiger partial charge in [-0.15, -0.1) is 0 Å². The molecule has 9 heteroatoms. The molecule has 0 atom stereocenters. The molecular formula is C10H11F3N2O3S. The van der Waals surface area contributed by atoms with E-state index in [1.165, 1.54) is 24.3 Å². The van der Waals surface area contributed by atoms with E-state index in [1.54, 1.807) is 0 Å². The third kappa shape index (κ3) is 6.77. The summed E-state index contributed by atoms with van der Waals surface area (Å²) in [5.74, 6) is -1.57. The number of benzene rings is 1. The van der Waals surface area contributed by atoms with Crippen molar-refractivity contribution in [3.05, 3.63) is 29.8 Å². The fraction of sp³-hybridized carbons (Fsp3) is 0.300. The Morgan fingerprint density at radius 2 is 1.74 bits per heavy atom. The Kier molecular flexibility index (Phi) is 4.53. The van der Waals surface area contributed by atoms with Gasteiger partial charge in [0.05, 0.1) is 5.75 Å². The number of amides is 1. The largest absolute Gasteiger partial charge is 0.397 e. The number of nitrogens with one attached hydrogen (secondary N) is 1. The number of rotatable bonds is 4. The molecule has 0 aliphatic heterocycles. The fourth-order valence-electron chi connectivity index (χ4n) is 1.30. The van der Waals surface area contributed by atoms with E-state index in [-0.39, 0.29) is 11.4 Å². The molecular weight excluding hydrogens is 285 g/mol. The van der Waals surface area contributed by atoms with Crippen LogP contribution < -0.4 is 10.5 Å². The molecule has 1 amide bonds. The quantitative estimate of drug-likeness (QED) is 0.879. The molecule has 0 spiro atoms. The summed E-state index contributed by atoms with van der Waals surface area (Å²) < 4.78 is 57.4. The van der Waals surface area contributed by atoms with Gasteiger partial charge in [-0.25, -0.2) is 13.6 Å². The number of alkyl halides is 3. The van der Waals surface area contributed by atoms with Crippen LogP contribution in [0.2, 0.25) is 0 Å². The van der Waals surface area contributed by atoms with Crippen LogP contribution in [0, 0.1) is 0 Å². The molecule has 0 saturated heterocycles. The maximum atomic E-state index is 11.9. The highest BCUT2D eigenvalue weighted by Crippen LogP contribution is 2.20. The molecule has 0 saturated carbocycles. The number of carbonyl (C=O) groups is 1. The van der Waals surface area contributed by atoms with Gasteiger partial charge in [0.2, 0.25) is 15.9 Å². The number of carbonyl (C=O) groups excluding carboxylic acids is 1. The normalized spacial score (nSPS) is 12.2. The van der Waals surface area contributed by atoms with Gasteiger partial charge in [0.1, 0.15) is 6.42 Å². The number of hydrogen-bond acceptors (Lipinski definition) is 3. The number of anilines is 1. The number of primary sulfonamides is 1. The van der Waals surface area contributed by atoms with Crippen LogP contribution in [0.5, 0.6) is 0 Å². The molecule has 1 aromatic rings. The summed E-state index contributed by atoms with van der Waals surface area (Å²) in [4.78, 5) is 11.0. The lowest BCUT2D eigenvalue weighted by molar-refractivity contribution is -0.150. The molecule has 0 aromatic heterocycles. The first-order chi connectivity index (χ1) is 8.55. The summed E-state index contributed by atoms with van der Waals surface area (Å²) >= 11 is 0. The maximum Gasteiger partial charge on any atom is 0.397 e. The lowest BCUT2D eigenvalue weighted by Gasteiger charge is -2.08. The van der Waals surface area contributed by atoms with Gasteiger partial charge in [-0.3, -0.25) is 4.79 Å². The van der Waals surface area contributed by atoms with Crippen molar-refractivity contribution in [3.63, 3.8) is 0 Å². The van der Waals surface area contributed by atoms with Crippen molar-refractivity contribution in [2.45, 2.75) is 18.3 Å². The van der Waals surface area contributed by atoms with Crippen molar-refractivity contribution in [1.29, 1.82) is 0 Å². The highest BCUT2D eigenvalue weighted by Gasteiger charge is 2.31. The van der Waals surface area contributed by atoms with Crippen molar-refractivity contribution in [3.8, 4) is 0 Å². The molecule has 19 heavy (non-hydrogen) atoms. The van der Waals surface area contributed by atoms with E-state index in [9.17, 15) is 26.4 Å². The van der Waals surface area contributed by atoms with E-state index < -0.39 is 28.5 Å². The van der Waals surface area contributed by atoms with E-state index >= 15 is 0 Å². The standard InChI is InChI=1S/C10H11F3N2O3S/c11-10(12,13)5-9(16)15-8-3-1-7(2-4-8)6-19(14,17)18/h1-4H,5-6H2,(H,15,16)(H2,14,17,18). The summed E-state index contributed by atoms with van der Waals surface area (Å²) in [6, 6.07) is 5.31. The van der Waals surface area contributed by atoms with E-state index in [4.69, 9.17) is 5.14 Å². The number of nitrogens with two attached hydrogens (primary N) is 1. The van der Waals surface area contributed by atoms with Gasteiger partial charge in [-0.2, -0.15) is 13.2 Å². The molecule has 0 aliphatic carbocycles. The minimum Gasteiger partial charge on any atom is -0.326 e. The van der Waals surface area contributed by atoms with E-state index in [1.807, 2.05) is 5.32 Å². The third-order valence-electron chi connectivity index (χ3n) is 1.97. The second-order valence-corrected chi connectivity index (χ2v) is 5.46. The van der Waals surface area contributed by atoms with Crippen molar-refractivity contribution in [2.24, 2.45) is 5.14 Å². The lowest BCUT2D eigenvalue weighted by atomic mass is 10.2. The Bertz CT molecular complexity index is 552. The molecule has 1 rings (SSSR count). The Morgan fingerprint density at radius 1 is 1.21 bits per heavy atom. The number of hydrogen-bond donors (Lipinski definition) is 2. The molecule has 3 N–H and O–H groups in total. The summed E-state index contributed by atoms with van der Waals surface area (Å²) in [7, 11) is -3.67. The summed E-state index contributed by atoms with van der Waals surface area (Å²) in [6.45, 7) is 0. The predicted octanol–water partition coefficient (Wildman–Crippen LogP) is 1.37. The highest BCUT2D eigenvalue weighted by molar-refractivity contribution is 7.88. The molecule has 106 valence electrons. The fourth-order valence-corrected chi connectivity index (χ4v) is 1.96. The Hall–Kier alpha value is -1.61. The van der Waals surface area contributed by atoms with Crippen LogP contribution in [0.1, 0.15) is 12.0 Å². The lowest BCUT2D eigenvalue weighted by Crippen LogP contribution is -2.21. The van der Waals surface area contributed by atoms with Crippen molar-refractivity contribution in [1.82, 2.24) is 0 Å². The zero-order valence-electron chi connectivity index (χ0n) is 9.57. The van der Waals surface area contributed by atoms with Crippen LogP contribution in [-0.4, -0.2) is 20.5 Å². The minimum absolute atomic E-state index is 0.146. The monoisotopic (exact) mass is 296 g/mol. The molecule has 0 fully saturated rings. The van der Waals surface area contributed by atoms with Gasteiger partial charge in [0, 0.05) is 5.69 Å². The first kappa shape index (κ1) is 15.4. The topological polar surface area (TPSA) is 89.3 Å². The number of halogens is 3. The van der Waals surface area contributed by atoms with Crippen LogP contribution in [0.15, 0.2) is 24.3 Å². The van der Waals surface area contributed by atoms with E-state index in [2.05, 4.69) is 0 Å². The second kappa shape index (κ2) is 5.57. The van der Waals surface area contributed by atoms with Gasteiger partial charge in [0.15, 0.2) is 0 Å². The van der Waals surface area contributed by atoms with E-state index in [0.29, 0.717) is 5.56 Å². The third-order valence-corrected chi connectivity index (χ3v) is 2.70. The van der Waals surface area contributed by atoms with Gasteiger partial charge < -0.3 is 5.32 Å². The molecule has 0 bridgehead atoms. The first-order valence-corrected chi connectivity index (χ1v) is 6.73. The van der Waals surface area contributed by atoms with Crippen LogP contribution in [0.4, 0.5) is 18.9 Å². The SMILES string of the molecule is NS(=O)(=O)Cc1ccc(NC(=O)CC(F)(F)F)cc1. The smallest absolute Gasteiger partial charge is 0.326 e. The summed E-state index contributed by atoms with van der Waals surface area (Å²) in [6.07, 6.45) is -6.15. The molecule has 0 aliphatic rings. The van der Waals surface area contributed by atoms with Gasteiger partial charge in [0.25, 0.3) is 0 Å². The summed E-state index contributed by atoms with van der Waals surface area (Å²) in [5.41, 5.74) is 0.517. The average molecular weight is 296 g/mol. The van der Waals surface area contributed by atoms with Crippen LogP contribution >= 0.6 is 0 Å². The average Bonchev–Trinajstić information content (AvgIpc) is 2.15. The van der Waals surface area contributed by atoms with E-state index in [0.717, 1.165) is 0 Å². The Morgan fingerprint density at radius 3 is 2.16 bits per heavy atom. The predicted molar refractivity (Wildman–Crippen MR) is 62.6 cm³/mol. The van der Waals surface area contributed by atoms with Crippen LogP contribution in [0.25, 0.3) is 0 Å². The number of sulfonamides is 1. The van der Waals surface area contributed by atoms with Crippen LogP contribution in [0.3, 0.4) is 0 Å². The molecule has 0 radical (unpaired) electrons. The Labute approximate surface area is 107 Å². The van der Waals surface area contributed by atoms with Crippen LogP contribution in [-0.2, 0) is 20.6 Å². The van der Waals surface area contributed by atoms with Crippen molar-refractivity contribution in [2.75, 3.05) is 5.32 Å². The van der Waals surface area contributed by atoms with Crippen molar-refractivity contribution >= 4 is 21.6 Å². The summed E-state index contributed by atoms with van der Waals surface area (Å²) in [5, 5.41) is 6.88. The zero-order chi connectivity index (χ0) is 14.7. The first-order valence-electron chi connectivity index (χ1n) is 5.01. The molecule has 5 nitrogen and oxygen atoms in total. The second-order valence-electron chi connectivity index (χ2n) is 3.84. The molecule has 0 unspecified atom stereocenters. The maximum absolute atomic E-state index is 11.9. The highest BCUT2D eigenvalue weighted by atomic mass is 32.2. The molecule has 0 heterocycles. The molecule has 1 aromatic carbocycles. The Balaban J connectivity index is 2.65. The van der Waals surface area contributed by atoms with Crippen molar-refractivity contribution < 1.29 is 26.4 Å². The van der Waals surface area contributed by atoms with Gasteiger partial charge in [-0.05, 0) is 17.7 Å². The minimum atomic E-state index is -4.57. The zero-order valence-corrected chi connectivity index (χ0v) is 10.4. The van der Waals surface area contributed by atoms with Gasteiger partial charge >= 0.3 is 6.18 Å². The van der Waals surface area contributed by atoms with Gasteiger partial charge in [-0.1, -0.05) is 12.1 Å².